The summed E-state index contributed by atoms with van der Waals surface area (Å²) in [7, 11) is -3.57. The molecule has 2 heterocycles. The smallest absolute Gasteiger partial charge is 0.243 e. The summed E-state index contributed by atoms with van der Waals surface area (Å²) in [6.45, 7) is 6.20. The number of rotatable bonds is 6. The number of likely N-dealkylation sites (tertiary alicyclic amines) is 1. The molecular formula is C25H32ClN3O3S. The molecule has 0 aliphatic carbocycles. The van der Waals surface area contributed by atoms with Crippen molar-refractivity contribution in [1.82, 2.24) is 9.21 Å². The zero-order valence-corrected chi connectivity index (χ0v) is 20.6. The summed E-state index contributed by atoms with van der Waals surface area (Å²) in [5, 5.41) is 3.50. The third-order valence-electron chi connectivity index (χ3n) is 6.64. The van der Waals surface area contributed by atoms with Gasteiger partial charge in [0.2, 0.25) is 15.9 Å². The molecule has 2 saturated heterocycles. The first-order chi connectivity index (χ1) is 15.8. The van der Waals surface area contributed by atoms with Gasteiger partial charge < -0.3 is 5.32 Å². The monoisotopic (exact) mass is 489 g/mol. The van der Waals surface area contributed by atoms with E-state index in [0.717, 1.165) is 31.2 Å². The summed E-state index contributed by atoms with van der Waals surface area (Å²) in [4.78, 5) is 15.5. The van der Waals surface area contributed by atoms with Crippen LogP contribution in [0.5, 0.6) is 0 Å². The second-order valence-corrected chi connectivity index (χ2v) is 11.7. The van der Waals surface area contributed by atoms with Crippen LogP contribution in [0.3, 0.4) is 0 Å². The molecule has 178 valence electrons. The van der Waals surface area contributed by atoms with Crippen molar-refractivity contribution in [1.29, 1.82) is 0 Å². The van der Waals surface area contributed by atoms with Gasteiger partial charge >= 0.3 is 0 Å². The predicted octanol–water partition coefficient (Wildman–Crippen LogP) is 4.61. The Morgan fingerprint density at radius 2 is 1.67 bits per heavy atom. The van der Waals surface area contributed by atoms with Crippen LogP contribution in [0, 0.1) is 11.8 Å². The third kappa shape index (κ3) is 6.15. The van der Waals surface area contributed by atoms with Crippen molar-refractivity contribution in [2.24, 2.45) is 11.8 Å². The molecule has 1 amide bonds. The van der Waals surface area contributed by atoms with E-state index in [2.05, 4.69) is 29.3 Å². The summed E-state index contributed by atoms with van der Waals surface area (Å²) in [6.07, 6.45) is 3.58. The van der Waals surface area contributed by atoms with Gasteiger partial charge in [-0.1, -0.05) is 30.7 Å². The van der Waals surface area contributed by atoms with Crippen LogP contribution in [-0.4, -0.2) is 49.7 Å². The molecule has 0 spiro atoms. The topological polar surface area (TPSA) is 69.7 Å². The van der Waals surface area contributed by atoms with Gasteiger partial charge in [-0.15, -0.1) is 0 Å². The lowest BCUT2D eigenvalue weighted by Gasteiger charge is -2.31. The van der Waals surface area contributed by atoms with Crippen molar-refractivity contribution in [3.05, 3.63) is 59.1 Å². The Kier molecular flexibility index (Phi) is 7.74. The van der Waals surface area contributed by atoms with Crippen molar-refractivity contribution in [2.75, 3.05) is 31.5 Å². The van der Waals surface area contributed by atoms with E-state index in [0.29, 0.717) is 31.0 Å². The molecule has 4 rings (SSSR count). The Morgan fingerprint density at radius 3 is 2.30 bits per heavy atom. The van der Waals surface area contributed by atoms with E-state index in [1.54, 1.807) is 12.1 Å². The van der Waals surface area contributed by atoms with Crippen molar-refractivity contribution in [3.63, 3.8) is 0 Å². The third-order valence-corrected chi connectivity index (χ3v) is 8.81. The Bertz CT molecular complexity index is 1050. The highest BCUT2D eigenvalue weighted by molar-refractivity contribution is 7.89. The Labute approximate surface area is 202 Å². The van der Waals surface area contributed by atoms with Crippen LogP contribution in [0.25, 0.3) is 0 Å². The van der Waals surface area contributed by atoms with Gasteiger partial charge in [0.05, 0.1) is 4.90 Å². The molecule has 8 heteroatoms. The minimum absolute atomic E-state index is 0.0452. The van der Waals surface area contributed by atoms with Gasteiger partial charge in [0.1, 0.15) is 0 Å². The first-order valence-electron chi connectivity index (χ1n) is 11.7. The molecule has 2 fully saturated rings. The van der Waals surface area contributed by atoms with Gasteiger partial charge in [-0.3, -0.25) is 9.69 Å². The summed E-state index contributed by atoms with van der Waals surface area (Å²) in [5.74, 6) is 0.511. The molecule has 2 aromatic carbocycles. The minimum atomic E-state index is -3.57. The van der Waals surface area contributed by atoms with Gasteiger partial charge in [0.15, 0.2) is 0 Å². The first-order valence-corrected chi connectivity index (χ1v) is 13.5. The number of amides is 1. The number of hydrogen-bond donors (Lipinski definition) is 1. The van der Waals surface area contributed by atoms with Crippen LogP contribution in [0.2, 0.25) is 5.02 Å². The molecule has 2 aliphatic heterocycles. The van der Waals surface area contributed by atoms with E-state index in [9.17, 15) is 13.2 Å². The largest absolute Gasteiger partial charge is 0.326 e. The average molecular weight is 490 g/mol. The van der Waals surface area contributed by atoms with Gasteiger partial charge in [0, 0.05) is 42.8 Å². The van der Waals surface area contributed by atoms with Gasteiger partial charge in [-0.05, 0) is 80.1 Å². The summed E-state index contributed by atoms with van der Waals surface area (Å²) >= 11 is 5.87. The molecule has 6 nitrogen and oxygen atoms in total. The Morgan fingerprint density at radius 1 is 1.00 bits per heavy atom. The van der Waals surface area contributed by atoms with Crippen LogP contribution >= 0.6 is 11.6 Å². The molecule has 33 heavy (non-hydrogen) atoms. The second kappa shape index (κ2) is 10.6. The Hall–Kier alpha value is -1.93. The van der Waals surface area contributed by atoms with Crippen LogP contribution in [0.4, 0.5) is 5.69 Å². The van der Waals surface area contributed by atoms with E-state index >= 15 is 0 Å². The maximum absolute atomic E-state index is 12.8. The lowest BCUT2D eigenvalue weighted by atomic mass is 9.97. The number of piperidine rings is 2. The number of nitrogens with one attached hydrogen (secondary N) is 1. The summed E-state index contributed by atoms with van der Waals surface area (Å²) in [6, 6.07) is 14.3. The maximum Gasteiger partial charge on any atom is 0.243 e. The fourth-order valence-electron chi connectivity index (χ4n) is 4.74. The van der Waals surface area contributed by atoms with E-state index in [1.165, 1.54) is 34.8 Å². The number of nitrogens with zero attached hydrogens (tertiary/aromatic N) is 2. The molecule has 1 unspecified atom stereocenters. The standard InChI is InChI=1S/C25H32ClN3O3S/c1-19-3-2-14-28(17-19)18-20-4-8-23(9-5-20)27-25(30)21-12-15-29(16-13-21)33(31,32)24-10-6-22(26)7-11-24/h4-11,19,21H,2-3,12-18H2,1H3,(H,27,30). The van der Waals surface area contributed by atoms with Crippen LogP contribution in [0.1, 0.15) is 38.2 Å². The quantitative estimate of drug-likeness (QED) is 0.643. The molecule has 2 aliphatic rings. The number of benzene rings is 2. The van der Waals surface area contributed by atoms with Gasteiger partial charge in [-0.25, -0.2) is 8.42 Å². The van der Waals surface area contributed by atoms with Crippen molar-refractivity contribution in [2.45, 2.75) is 44.0 Å². The molecule has 0 radical (unpaired) electrons. The van der Waals surface area contributed by atoms with Crippen LogP contribution < -0.4 is 5.32 Å². The highest BCUT2D eigenvalue weighted by atomic mass is 35.5. The highest BCUT2D eigenvalue weighted by Gasteiger charge is 2.32. The lowest BCUT2D eigenvalue weighted by Crippen LogP contribution is -2.41. The molecule has 0 saturated carbocycles. The average Bonchev–Trinajstić information content (AvgIpc) is 2.81. The van der Waals surface area contributed by atoms with Crippen molar-refractivity contribution >= 4 is 33.2 Å². The Balaban J connectivity index is 1.28. The van der Waals surface area contributed by atoms with E-state index in [1.807, 2.05) is 12.1 Å². The van der Waals surface area contributed by atoms with Crippen LogP contribution in [0.15, 0.2) is 53.4 Å². The maximum atomic E-state index is 12.8. The highest BCUT2D eigenvalue weighted by Crippen LogP contribution is 2.26. The van der Waals surface area contributed by atoms with Crippen molar-refractivity contribution in [3.8, 4) is 0 Å². The predicted molar refractivity (Wildman–Crippen MR) is 132 cm³/mol. The molecule has 1 atom stereocenters. The van der Waals surface area contributed by atoms with Crippen molar-refractivity contribution < 1.29 is 13.2 Å². The fraction of sp³-hybridized carbons (Fsp3) is 0.480. The summed E-state index contributed by atoms with van der Waals surface area (Å²) in [5.41, 5.74) is 2.04. The van der Waals surface area contributed by atoms with E-state index in [4.69, 9.17) is 11.6 Å². The normalized spacial score (nSPS) is 21.1. The fourth-order valence-corrected chi connectivity index (χ4v) is 6.34. The zero-order chi connectivity index (χ0) is 23.4. The number of sulfonamides is 1. The number of hydrogen-bond acceptors (Lipinski definition) is 4. The van der Waals surface area contributed by atoms with Gasteiger partial charge in [0.25, 0.3) is 0 Å². The van der Waals surface area contributed by atoms with Crippen LogP contribution in [-0.2, 0) is 21.4 Å². The lowest BCUT2D eigenvalue weighted by molar-refractivity contribution is -0.120. The second-order valence-electron chi connectivity index (χ2n) is 9.30. The molecule has 0 aromatic heterocycles. The van der Waals surface area contributed by atoms with E-state index < -0.39 is 10.0 Å². The zero-order valence-electron chi connectivity index (χ0n) is 19.0. The minimum Gasteiger partial charge on any atom is -0.326 e. The number of carbonyl (C=O) groups excluding carboxylic acids is 1. The number of anilines is 1. The van der Waals surface area contributed by atoms with Gasteiger partial charge in [-0.2, -0.15) is 4.31 Å². The molecular weight excluding hydrogens is 458 g/mol. The molecule has 2 aromatic rings. The summed E-state index contributed by atoms with van der Waals surface area (Å²) < 4.78 is 27.1. The number of carbonyl (C=O) groups is 1. The SMILES string of the molecule is CC1CCCN(Cc2ccc(NC(=O)C3CCN(S(=O)(=O)c4ccc(Cl)cc4)CC3)cc2)C1. The first kappa shape index (κ1) is 24.2. The molecule has 0 bridgehead atoms. The number of halogens is 1. The molecule has 1 N–H and O–H groups in total. The van der Waals surface area contributed by atoms with E-state index in [-0.39, 0.29) is 16.7 Å².